The number of hydrogen-bond acceptors (Lipinski definition) is 2. The summed E-state index contributed by atoms with van der Waals surface area (Å²) >= 11 is 0. The molecule has 0 aromatic heterocycles. The topological polar surface area (TPSA) is 23.5 Å². The van der Waals surface area contributed by atoms with Gasteiger partial charge in [0.05, 0.1) is 5.54 Å². The maximum atomic E-state index is 12.5. The summed E-state index contributed by atoms with van der Waals surface area (Å²) in [5, 5.41) is 12.5. The van der Waals surface area contributed by atoms with Crippen LogP contribution in [0.15, 0.2) is 30.3 Å². The Bertz CT molecular complexity index is 619. The quantitative estimate of drug-likeness (QED) is 0.925. The number of fused-ring (bicyclic) bond motifs is 1. The van der Waals surface area contributed by atoms with Crippen LogP contribution in [0.4, 0.5) is 0 Å². The molecule has 122 valence electrons. The van der Waals surface area contributed by atoms with Crippen molar-refractivity contribution in [1.29, 1.82) is 0 Å². The molecule has 0 radical (unpaired) electrons. The van der Waals surface area contributed by atoms with E-state index in [2.05, 4.69) is 35.2 Å². The largest absolute Gasteiger partial charge is 0.383 e. The first-order valence-corrected chi connectivity index (χ1v) is 9.79. The second kappa shape index (κ2) is 4.21. The van der Waals surface area contributed by atoms with Gasteiger partial charge < -0.3 is 5.11 Å². The van der Waals surface area contributed by atoms with Crippen molar-refractivity contribution in [3.05, 3.63) is 35.9 Å². The van der Waals surface area contributed by atoms with Crippen molar-refractivity contribution in [2.24, 2.45) is 29.6 Å². The summed E-state index contributed by atoms with van der Waals surface area (Å²) in [6.45, 7) is 2.40. The van der Waals surface area contributed by atoms with E-state index in [9.17, 15) is 5.11 Å². The number of hydrogen-bond donors (Lipinski definition) is 1. The Balaban J connectivity index is 1.54. The normalized spacial score (nSPS) is 45.2. The summed E-state index contributed by atoms with van der Waals surface area (Å²) in [5.41, 5.74) is 0.636. The highest BCUT2D eigenvalue weighted by atomic mass is 16.3. The van der Waals surface area contributed by atoms with Crippen LogP contribution in [0.1, 0.15) is 44.1 Å². The average Bonchev–Trinajstić information content (AvgIpc) is 3.19. The van der Waals surface area contributed by atoms with Crippen LogP contribution in [0.5, 0.6) is 0 Å². The minimum Gasteiger partial charge on any atom is -0.383 e. The summed E-state index contributed by atoms with van der Waals surface area (Å²) in [7, 11) is 0. The molecule has 23 heavy (non-hydrogen) atoms. The summed E-state index contributed by atoms with van der Waals surface area (Å²) in [5.74, 6) is 4.08. The zero-order valence-corrected chi connectivity index (χ0v) is 13.8. The van der Waals surface area contributed by atoms with Crippen LogP contribution >= 0.6 is 0 Å². The van der Waals surface area contributed by atoms with E-state index in [0.717, 1.165) is 23.7 Å². The van der Waals surface area contributed by atoms with E-state index in [1.807, 2.05) is 0 Å². The Morgan fingerprint density at radius 3 is 2.22 bits per heavy atom. The molecular formula is C21H27NO. The maximum Gasteiger partial charge on any atom is 0.111 e. The minimum atomic E-state index is -0.614. The first-order valence-electron chi connectivity index (χ1n) is 9.79. The van der Waals surface area contributed by atoms with Crippen LogP contribution in [0, 0.1) is 29.6 Å². The Labute approximate surface area is 138 Å². The Morgan fingerprint density at radius 2 is 1.65 bits per heavy atom. The smallest absolute Gasteiger partial charge is 0.111 e. The maximum absolute atomic E-state index is 12.5. The Hall–Kier alpha value is -0.860. The second-order valence-electron chi connectivity index (χ2n) is 9.02. The van der Waals surface area contributed by atoms with Crippen molar-refractivity contribution in [1.82, 2.24) is 4.90 Å². The monoisotopic (exact) mass is 309 g/mol. The fourth-order valence-electron chi connectivity index (χ4n) is 7.89. The lowest BCUT2D eigenvalue weighted by molar-refractivity contribution is -0.141. The van der Waals surface area contributed by atoms with Crippen LogP contribution in [0.25, 0.3) is 0 Å². The molecule has 0 spiro atoms. The predicted molar refractivity (Wildman–Crippen MR) is 89.8 cm³/mol. The molecule has 4 bridgehead atoms. The van der Waals surface area contributed by atoms with E-state index >= 15 is 0 Å². The molecule has 2 nitrogen and oxygen atoms in total. The van der Waals surface area contributed by atoms with E-state index in [1.54, 1.807) is 0 Å². The van der Waals surface area contributed by atoms with Gasteiger partial charge in [0.15, 0.2) is 0 Å². The Kier molecular flexibility index (Phi) is 2.46. The highest BCUT2D eigenvalue weighted by Gasteiger charge is 2.76. The molecule has 4 unspecified atom stereocenters. The van der Waals surface area contributed by atoms with Crippen molar-refractivity contribution in [2.75, 3.05) is 13.1 Å². The van der Waals surface area contributed by atoms with Crippen molar-refractivity contribution < 1.29 is 5.11 Å². The molecule has 2 heteroatoms. The molecule has 0 amide bonds. The summed E-state index contributed by atoms with van der Waals surface area (Å²) < 4.78 is 0. The molecule has 4 atom stereocenters. The lowest BCUT2D eigenvalue weighted by atomic mass is 9.63. The molecule has 7 rings (SSSR count). The summed E-state index contributed by atoms with van der Waals surface area (Å²) in [4.78, 5) is 2.67. The molecule has 1 N–H and O–H groups in total. The molecule has 4 aliphatic carbocycles. The zero-order valence-electron chi connectivity index (χ0n) is 13.8. The van der Waals surface area contributed by atoms with Crippen LogP contribution in [0.3, 0.4) is 0 Å². The van der Waals surface area contributed by atoms with Crippen LogP contribution in [-0.2, 0) is 5.60 Å². The number of benzene rings is 1. The molecule has 2 saturated heterocycles. The highest BCUT2D eigenvalue weighted by Crippen LogP contribution is 2.78. The number of rotatable bonds is 3. The van der Waals surface area contributed by atoms with Gasteiger partial charge in [0.2, 0.25) is 0 Å². The molecule has 6 aliphatic rings. The van der Waals surface area contributed by atoms with Gasteiger partial charge in [-0.2, -0.15) is 0 Å². The van der Waals surface area contributed by atoms with Crippen LogP contribution in [-0.4, -0.2) is 28.6 Å². The zero-order chi connectivity index (χ0) is 15.2. The highest BCUT2D eigenvalue weighted by molar-refractivity contribution is 5.35. The standard InChI is InChI=1S/C21H27NO/c23-21(15-6-2-1-3-7-15,19-14-12-16-17(13-14)18(16)19)20-8-4-10-22(20)11-5-9-20/h1-3,6-7,14,16-19,23H,4-5,8-13H2. The summed E-state index contributed by atoms with van der Waals surface area (Å²) in [6.07, 6.45) is 7.75. The van der Waals surface area contributed by atoms with Crippen molar-refractivity contribution in [3.8, 4) is 0 Å². The lowest BCUT2D eigenvalue weighted by Crippen LogP contribution is -2.60. The van der Waals surface area contributed by atoms with Gasteiger partial charge >= 0.3 is 0 Å². The van der Waals surface area contributed by atoms with Gasteiger partial charge in [0.25, 0.3) is 0 Å². The third-order valence-corrected chi connectivity index (χ3v) is 8.52. The third-order valence-electron chi connectivity index (χ3n) is 8.52. The molecular weight excluding hydrogens is 282 g/mol. The fourth-order valence-corrected chi connectivity index (χ4v) is 7.89. The number of nitrogens with zero attached hydrogens (tertiary/aromatic N) is 1. The lowest BCUT2D eigenvalue weighted by Gasteiger charge is -2.52. The van der Waals surface area contributed by atoms with Gasteiger partial charge in [0.1, 0.15) is 5.60 Å². The van der Waals surface area contributed by atoms with E-state index in [1.165, 1.54) is 57.2 Å². The van der Waals surface area contributed by atoms with Gasteiger partial charge in [-0.1, -0.05) is 30.3 Å². The van der Waals surface area contributed by atoms with Gasteiger partial charge in [-0.3, -0.25) is 4.90 Å². The third kappa shape index (κ3) is 1.41. The number of aliphatic hydroxyl groups is 1. The van der Waals surface area contributed by atoms with Crippen LogP contribution < -0.4 is 0 Å². The van der Waals surface area contributed by atoms with Crippen molar-refractivity contribution in [2.45, 2.75) is 49.7 Å². The van der Waals surface area contributed by atoms with E-state index < -0.39 is 5.60 Å². The Morgan fingerprint density at radius 1 is 1.00 bits per heavy atom. The molecule has 2 aliphatic heterocycles. The van der Waals surface area contributed by atoms with E-state index in [-0.39, 0.29) is 5.54 Å². The average molecular weight is 309 g/mol. The van der Waals surface area contributed by atoms with Crippen molar-refractivity contribution >= 4 is 0 Å². The summed E-state index contributed by atoms with van der Waals surface area (Å²) in [6, 6.07) is 10.8. The van der Waals surface area contributed by atoms with E-state index in [0.29, 0.717) is 5.92 Å². The van der Waals surface area contributed by atoms with Crippen LogP contribution in [0.2, 0.25) is 0 Å². The van der Waals surface area contributed by atoms with Crippen molar-refractivity contribution in [3.63, 3.8) is 0 Å². The molecule has 1 aromatic rings. The van der Waals surface area contributed by atoms with Gasteiger partial charge in [-0.15, -0.1) is 0 Å². The van der Waals surface area contributed by atoms with Gasteiger partial charge in [-0.25, -0.2) is 0 Å². The molecule has 1 aromatic carbocycles. The van der Waals surface area contributed by atoms with Gasteiger partial charge in [-0.05, 0) is 86.8 Å². The molecule has 4 saturated carbocycles. The van der Waals surface area contributed by atoms with E-state index in [4.69, 9.17) is 0 Å². The fraction of sp³-hybridized carbons (Fsp3) is 0.714. The second-order valence-corrected chi connectivity index (χ2v) is 9.02. The first kappa shape index (κ1) is 13.4. The molecule has 6 fully saturated rings. The predicted octanol–water partition coefficient (Wildman–Crippen LogP) is 3.40. The molecule has 2 heterocycles. The van der Waals surface area contributed by atoms with Gasteiger partial charge in [0, 0.05) is 0 Å². The minimum absolute atomic E-state index is 0.0314. The SMILES string of the molecule is OC(c1ccccc1)(C1C2CC3C(C2)C31)C12CCCN1CCC2. The first-order chi connectivity index (χ1) is 11.3.